The molecule has 1 fully saturated rings. The number of rotatable bonds is 5. The Bertz CT molecular complexity index is 1100. The van der Waals surface area contributed by atoms with Gasteiger partial charge in [-0.25, -0.2) is 4.98 Å². The minimum Gasteiger partial charge on any atom is -0.497 e. The summed E-state index contributed by atoms with van der Waals surface area (Å²) in [5, 5.41) is 0.452. The largest absolute Gasteiger partial charge is 0.497 e. The second-order valence-electron chi connectivity index (χ2n) is 6.53. The molecule has 150 valence electrons. The van der Waals surface area contributed by atoms with Crippen LogP contribution in [-0.4, -0.2) is 55.5 Å². The maximum absolute atomic E-state index is 12.8. The molecule has 3 aromatic rings. The average molecular weight is 394 g/mol. The smallest absolute Gasteiger partial charge is 0.262 e. The van der Waals surface area contributed by atoms with Crippen molar-refractivity contribution < 1.29 is 14.2 Å². The first-order valence-corrected chi connectivity index (χ1v) is 9.31. The van der Waals surface area contributed by atoms with Crippen LogP contribution >= 0.6 is 0 Å². The van der Waals surface area contributed by atoms with Gasteiger partial charge in [-0.3, -0.25) is 9.78 Å². The van der Waals surface area contributed by atoms with E-state index < -0.39 is 0 Å². The van der Waals surface area contributed by atoms with Crippen molar-refractivity contribution >= 4 is 29.1 Å². The molecule has 3 heterocycles. The number of fused-ring (bicyclic) bond motifs is 1. The molecule has 8 nitrogen and oxygen atoms in total. The van der Waals surface area contributed by atoms with Crippen molar-refractivity contribution in [2.45, 2.75) is 0 Å². The number of anilines is 1. The van der Waals surface area contributed by atoms with Crippen LogP contribution in [0, 0.1) is 0 Å². The number of morpholine rings is 1. The lowest BCUT2D eigenvalue weighted by Crippen LogP contribution is -2.38. The first-order chi connectivity index (χ1) is 14.2. The Morgan fingerprint density at radius 3 is 2.66 bits per heavy atom. The standard InChI is InChI=1S/C21H22N4O4/c1-27-16-6-5-14(17(13-16)28-2)3-4-15-7-8-22-19-18(15)20(26)24-21(23-19)25-9-11-29-12-10-25/h3-8,13H,9-12H2,1-2H3,(H,22,23,24,26)/b4-3+. The molecule has 1 aliphatic heterocycles. The molecule has 0 atom stereocenters. The van der Waals surface area contributed by atoms with E-state index in [1.54, 1.807) is 26.5 Å². The first kappa shape index (κ1) is 18.9. The number of ether oxygens (including phenoxy) is 3. The summed E-state index contributed by atoms with van der Waals surface area (Å²) in [5.74, 6) is 1.92. The SMILES string of the molecule is COc1ccc(/C=C/c2ccnc3nc(N4CCOCC4)[nH]c(=O)c23)c(OC)c1. The molecule has 8 heteroatoms. The molecule has 1 saturated heterocycles. The highest BCUT2D eigenvalue weighted by atomic mass is 16.5. The number of aromatic amines is 1. The molecule has 1 N–H and O–H groups in total. The molecular weight excluding hydrogens is 372 g/mol. The molecule has 1 aromatic carbocycles. The van der Waals surface area contributed by atoms with Crippen molar-refractivity contribution in [1.82, 2.24) is 15.0 Å². The van der Waals surface area contributed by atoms with Gasteiger partial charge in [0.1, 0.15) is 11.5 Å². The summed E-state index contributed by atoms with van der Waals surface area (Å²) in [5.41, 5.74) is 1.80. The van der Waals surface area contributed by atoms with E-state index in [2.05, 4.69) is 15.0 Å². The second kappa shape index (κ2) is 8.32. The Morgan fingerprint density at radius 2 is 1.90 bits per heavy atom. The molecule has 0 unspecified atom stereocenters. The molecule has 4 rings (SSSR count). The predicted octanol–water partition coefficient (Wildman–Crippen LogP) is 2.34. The highest BCUT2D eigenvalue weighted by Gasteiger charge is 2.16. The lowest BCUT2D eigenvalue weighted by atomic mass is 10.1. The summed E-state index contributed by atoms with van der Waals surface area (Å²) >= 11 is 0. The maximum Gasteiger partial charge on any atom is 0.262 e. The third-order valence-corrected chi connectivity index (χ3v) is 4.82. The Kier molecular flexibility index (Phi) is 5.44. The van der Waals surface area contributed by atoms with Crippen LogP contribution in [0.2, 0.25) is 0 Å². The molecule has 0 spiro atoms. The number of methoxy groups -OCH3 is 2. The average Bonchev–Trinajstić information content (AvgIpc) is 2.77. The van der Waals surface area contributed by atoms with Crippen molar-refractivity contribution in [3.8, 4) is 11.5 Å². The maximum atomic E-state index is 12.8. The van der Waals surface area contributed by atoms with Crippen LogP contribution in [0.25, 0.3) is 23.2 Å². The molecule has 0 saturated carbocycles. The lowest BCUT2D eigenvalue weighted by Gasteiger charge is -2.27. The fourth-order valence-corrected chi connectivity index (χ4v) is 3.27. The van der Waals surface area contributed by atoms with Crippen molar-refractivity contribution in [2.75, 3.05) is 45.4 Å². The number of hydrogen-bond acceptors (Lipinski definition) is 7. The zero-order valence-electron chi connectivity index (χ0n) is 16.3. The van der Waals surface area contributed by atoms with E-state index in [-0.39, 0.29) is 5.56 Å². The number of benzene rings is 1. The quantitative estimate of drug-likeness (QED) is 0.710. The minimum absolute atomic E-state index is 0.217. The Hall–Kier alpha value is -3.39. The third kappa shape index (κ3) is 3.93. The Labute approximate surface area is 167 Å². The molecule has 0 bridgehead atoms. The first-order valence-electron chi connectivity index (χ1n) is 9.31. The second-order valence-corrected chi connectivity index (χ2v) is 6.53. The van der Waals surface area contributed by atoms with Gasteiger partial charge in [-0.05, 0) is 23.8 Å². The molecule has 2 aromatic heterocycles. The summed E-state index contributed by atoms with van der Waals surface area (Å²) in [6.07, 6.45) is 5.41. The molecule has 0 aliphatic carbocycles. The minimum atomic E-state index is -0.217. The van der Waals surface area contributed by atoms with Gasteiger partial charge in [-0.15, -0.1) is 0 Å². The fourth-order valence-electron chi connectivity index (χ4n) is 3.27. The lowest BCUT2D eigenvalue weighted by molar-refractivity contribution is 0.122. The van der Waals surface area contributed by atoms with Crippen LogP contribution in [0.15, 0.2) is 35.3 Å². The Balaban J connectivity index is 1.71. The van der Waals surface area contributed by atoms with E-state index in [0.29, 0.717) is 54.8 Å². The van der Waals surface area contributed by atoms with Gasteiger partial charge in [0, 0.05) is 30.9 Å². The zero-order chi connectivity index (χ0) is 20.2. The van der Waals surface area contributed by atoms with Gasteiger partial charge in [0.15, 0.2) is 5.65 Å². The molecule has 0 radical (unpaired) electrons. The number of aromatic nitrogens is 3. The summed E-state index contributed by atoms with van der Waals surface area (Å²) < 4.78 is 16.0. The van der Waals surface area contributed by atoms with Gasteiger partial charge in [0.05, 0.1) is 32.8 Å². The van der Waals surface area contributed by atoms with Crippen molar-refractivity contribution in [2.24, 2.45) is 0 Å². The van der Waals surface area contributed by atoms with Gasteiger partial charge in [-0.1, -0.05) is 12.2 Å². The van der Waals surface area contributed by atoms with Gasteiger partial charge in [0.25, 0.3) is 5.56 Å². The van der Waals surface area contributed by atoms with E-state index in [1.807, 2.05) is 35.3 Å². The fraction of sp³-hybridized carbons (Fsp3) is 0.286. The van der Waals surface area contributed by atoms with Gasteiger partial charge in [-0.2, -0.15) is 4.98 Å². The summed E-state index contributed by atoms with van der Waals surface area (Å²) in [6, 6.07) is 7.36. The van der Waals surface area contributed by atoms with Crippen LogP contribution in [0.3, 0.4) is 0 Å². The zero-order valence-corrected chi connectivity index (χ0v) is 16.3. The number of pyridine rings is 1. The predicted molar refractivity (Wildman–Crippen MR) is 112 cm³/mol. The van der Waals surface area contributed by atoms with E-state index in [0.717, 1.165) is 11.1 Å². The van der Waals surface area contributed by atoms with Crippen molar-refractivity contribution in [1.29, 1.82) is 0 Å². The van der Waals surface area contributed by atoms with E-state index in [4.69, 9.17) is 14.2 Å². The highest BCUT2D eigenvalue weighted by molar-refractivity contribution is 5.88. The number of nitrogens with zero attached hydrogens (tertiary/aromatic N) is 3. The number of H-pyrrole nitrogens is 1. The van der Waals surface area contributed by atoms with E-state index in [1.165, 1.54) is 0 Å². The molecule has 0 amide bonds. The molecular formula is C21H22N4O4. The normalized spacial score (nSPS) is 14.5. The third-order valence-electron chi connectivity index (χ3n) is 4.82. The van der Waals surface area contributed by atoms with Gasteiger partial charge in [0.2, 0.25) is 5.95 Å². The number of hydrogen-bond donors (Lipinski definition) is 1. The van der Waals surface area contributed by atoms with Crippen LogP contribution in [-0.2, 0) is 4.74 Å². The van der Waals surface area contributed by atoms with Gasteiger partial charge < -0.3 is 19.1 Å². The summed E-state index contributed by atoms with van der Waals surface area (Å²) in [7, 11) is 3.22. The van der Waals surface area contributed by atoms with Crippen LogP contribution in [0.1, 0.15) is 11.1 Å². The van der Waals surface area contributed by atoms with Crippen molar-refractivity contribution in [3.63, 3.8) is 0 Å². The van der Waals surface area contributed by atoms with Gasteiger partial charge >= 0.3 is 0 Å². The summed E-state index contributed by atoms with van der Waals surface area (Å²) in [4.78, 5) is 26.6. The van der Waals surface area contributed by atoms with Crippen LogP contribution in [0.5, 0.6) is 11.5 Å². The number of nitrogens with one attached hydrogen (secondary N) is 1. The van der Waals surface area contributed by atoms with E-state index >= 15 is 0 Å². The van der Waals surface area contributed by atoms with Crippen molar-refractivity contribution in [3.05, 3.63) is 51.9 Å². The highest BCUT2D eigenvalue weighted by Crippen LogP contribution is 2.26. The monoisotopic (exact) mass is 394 g/mol. The van der Waals surface area contributed by atoms with E-state index in [9.17, 15) is 4.79 Å². The molecule has 1 aliphatic rings. The Morgan fingerprint density at radius 1 is 1.10 bits per heavy atom. The van der Waals surface area contributed by atoms with Crippen LogP contribution < -0.4 is 19.9 Å². The summed E-state index contributed by atoms with van der Waals surface area (Å²) in [6.45, 7) is 2.60. The van der Waals surface area contributed by atoms with Crippen LogP contribution in [0.4, 0.5) is 5.95 Å². The topological polar surface area (TPSA) is 89.6 Å². The molecule has 29 heavy (non-hydrogen) atoms.